The summed E-state index contributed by atoms with van der Waals surface area (Å²) >= 11 is 3.24. The van der Waals surface area contributed by atoms with Gasteiger partial charge in [0, 0.05) is 10.2 Å². The van der Waals surface area contributed by atoms with Gasteiger partial charge in [-0.3, -0.25) is 4.79 Å². The molecule has 0 radical (unpaired) electrons. The molecule has 2 rings (SSSR count). The summed E-state index contributed by atoms with van der Waals surface area (Å²) in [4.78, 5) is 23.5. The number of nitrogens with one attached hydrogen (secondary N) is 1. The van der Waals surface area contributed by atoms with Crippen molar-refractivity contribution >= 4 is 33.5 Å². The fraction of sp³-hybridized carbons (Fsp3) is 0.125. The molecule has 4 nitrogen and oxygen atoms in total. The van der Waals surface area contributed by atoms with Gasteiger partial charge in [0.1, 0.15) is 0 Å². The van der Waals surface area contributed by atoms with E-state index in [9.17, 15) is 22.8 Å². The quantitative estimate of drug-likeness (QED) is 0.778. The van der Waals surface area contributed by atoms with Crippen molar-refractivity contribution in [3.8, 4) is 0 Å². The first-order chi connectivity index (χ1) is 11.3. The second-order valence-corrected chi connectivity index (χ2v) is 5.59. The minimum Gasteiger partial charge on any atom is -0.452 e. The van der Waals surface area contributed by atoms with Crippen LogP contribution in [0.15, 0.2) is 53.0 Å². The van der Waals surface area contributed by atoms with Crippen molar-refractivity contribution in [3.63, 3.8) is 0 Å². The Morgan fingerprint density at radius 1 is 1.04 bits per heavy atom. The van der Waals surface area contributed by atoms with Gasteiger partial charge in [0.05, 0.1) is 11.1 Å². The summed E-state index contributed by atoms with van der Waals surface area (Å²) in [7, 11) is 0. The molecule has 0 atom stereocenters. The van der Waals surface area contributed by atoms with Crippen molar-refractivity contribution in [1.82, 2.24) is 0 Å². The molecule has 0 unspecified atom stereocenters. The topological polar surface area (TPSA) is 55.4 Å². The lowest BCUT2D eigenvalue weighted by molar-refractivity contribution is -0.138. The van der Waals surface area contributed by atoms with E-state index in [2.05, 4.69) is 26.0 Å². The standard InChI is InChI=1S/C16H11BrF3NO3/c17-10-5-7-11(8-6-10)21-14(22)9-24-15(23)12-3-1-2-4-13(12)16(18,19)20/h1-8H,9H2,(H,21,22). The van der Waals surface area contributed by atoms with Gasteiger partial charge in [0.2, 0.25) is 0 Å². The number of carbonyl (C=O) groups excluding carboxylic acids is 2. The summed E-state index contributed by atoms with van der Waals surface area (Å²) < 4.78 is 44.0. The first kappa shape index (κ1) is 18.0. The number of ether oxygens (including phenoxy) is 1. The number of anilines is 1. The summed E-state index contributed by atoms with van der Waals surface area (Å²) in [6.07, 6.45) is -4.69. The maximum atomic E-state index is 12.8. The molecule has 1 N–H and O–H groups in total. The number of hydrogen-bond acceptors (Lipinski definition) is 3. The lowest BCUT2D eigenvalue weighted by Crippen LogP contribution is -2.22. The number of amides is 1. The highest BCUT2D eigenvalue weighted by atomic mass is 79.9. The number of alkyl halides is 3. The number of hydrogen-bond donors (Lipinski definition) is 1. The Kier molecular flexibility index (Phi) is 5.61. The van der Waals surface area contributed by atoms with E-state index in [0.29, 0.717) is 5.69 Å². The molecular weight excluding hydrogens is 391 g/mol. The highest BCUT2D eigenvalue weighted by molar-refractivity contribution is 9.10. The summed E-state index contributed by atoms with van der Waals surface area (Å²) in [5.74, 6) is -1.87. The normalized spacial score (nSPS) is 11.0. The third kappa shape index (κ3) is 4.82. The predicted molar refractivity (Wildman–Crippen MR) is 84.5 cm³/mol. The van der Waals surface area contributed by atoms with Crippen LogP contribution in [0.25, 0.3) is 0 Å². The Bertz CT molecular complexity index is 745. The molecule has 0 fully saturated rings. The van der Waals surface area contributed by atoms with Crippen LogP contribution in [0.1, 0.15) is 15.9 Å². The Hall–Kier alpha value is -2.35. The van der Waals surface area contributed by atoms with Gasteiger partial charge in [-0.25, -0.2) is 4.79 Å². The van der Waals surface area contributed by atoms with Gasteiger partial charge in [-0.15, -0.1) is 0 Å². The molecule has 0 aliphatic rings. The zero-order chi connectivity index (χ0) is 17.7. The summed E-state index contributed by atoms with van der Waals surface area (Å²) in [5, 5.41) is 2.46. The second kappa shape index (κ2) is 7.48. The van der Waals surface area contributed by atoms with Crippen LogP contribution in [0.4, 0.5) is 18.9 Å². The van der Waals surface area contributed by atoms with Crippen LogP contribution in [0.2, 0.25) is 0 Å². The van der Waals surface area contributed by atoms with Crippen LogP contribution in [-0.2, 0) is 15.7 Å². The number of carbonyl (C=O) groups is 2. The fourth-order valence-electron chi connectivity index (χ4n) is 1.85. The first-order valence-corrected chi connectivity index (χ1v) is 7.45. The van der Waals surface area contributed by atoms with Crippen molar-refractivity contribution in [3.05, 3.63) is 64.1 Å². The highest BCUT2D eigenvalue weighted by Crippen LogP contribution is 2.32. The lowest BCUT2D eigenvalue weighted by Gasteiger charge is -2.12. The summed E-state index contributed by atoms with van der Waals surface area (Å²) in [6, 6.07) is 10.8. The fourth-order valence-corrected chi connectivity index (χ4v) is 2.11. The van der Waals surface area contributed by atoms with E-state index in [-0.39, 0.29) is 0 Å². The smallest absolute Gasteiger partial charge is 0.417 e. The zero-order valence-corrected chi connectivity index (χ0v) is 13.6. The van der Waals surface area contributed by atoms with E-state index in [1.807, 2.05) is 0 Å². The monoisotopic (exact) mass is 401 g/mol. The van der Waals surface area contributed by atoms with E-state index in [0.717, 1.165) is 16.6 Å². The molecule has 0 saturated heterocycles. The molecule has 1 amide bonds. The SMILES string of the molecule is O=C(COC(=O)c1ccccc1C(F)(F)F)Nc1ccc(Br)cc1. The van der Waals surface area contributed by atoms with Crippen molar-refractivity contribution in [2.75, 3.05) is 11.9 Å². The molecule has 0 heterocycles. The second-order valence-electron chi connectivity index (χ2n) is 4.67. The molecule has 0 bridgehead atoms. The molecule has 126 valence electrons. The Labute approximate surface area is 143 Å². The van der Waals surface area contributed by atoms with Gasteiger partial charge >= 0.3 is 12.1 Å². The van der Waals surface area contributed by atoms with E-state index < -0.39 is 35.8 Å². The Balaban J connectivity index is 1.98. The van der Waals surface area contributed by atoms with Crippen LogP contribution in [0.5, 0.6) is 0 Å². The molecule has 0 aliphatic heterocycles. The van der Waals surface area contributed by atoms with E-state index in [1.165, 1.54) is 12.1 Å². The molecule has 0 spiro atoms. The molecule has 0 aliphatic carbocycles. The number of halogens is 4. The summed E-state index contributed by atoms with van der Waals surface area (Å²) in [5.41, 5.74) is -1.28. The maximum absolute atomic E-state index is 12.8. The van der Waals surface area contributed by atoms with Crippen LogP contribution in [-0.4, -0.2) is 18.5 Å². The average molecular weight is 402 g/mol. The van der Waals surface area contributed by atoms with Crippen molar-refractivity contribution in [2.24, 2.45) is 0 Å². The lowest BCUT2D eigenvalue weighted by atomic mass is 10.1. The van der Waals surface area contributed by atoms with Gasteiger partial charge in [0.15, 0.2) is 6.61 Å². The highest BCUT2D eigenvalue weighted by Gasteiger charge is 2.35. The number of benzene rings is 2. The summed E-state index contributed by atoms with van der Waals surface area (Å²) in [6.45, 7) is -0.693. The molecule has 2 aromatic carbocycles. The van der Waals surface area contributed by atoms with E-state index in [1.54, 1.807) is 24.3 Å². The first-order valence-electron chi connectivity index (χ1n) is 6.66. The van der Waals surface area contributed by atoms with Crippen LogP contribution >= 0.6 is 15.9 Å². The largest absolute Gasteiger partial charge is 0.452 e. The predicted octanol–water partition coefficient (Wildman–Crippen LogP) is 4.26. The Morgan fingerprint density at radius 2 is 1.67 bits per heavy atom. The number of rotatable bonds is 4. The maximum Gasteiger partial charge on any atom is 0.417 e. The van der Waals surface area contributed by atoms with Gasteiger partial charge in [0.25, 0.3) is 5.91 Å². The molecular formula is C16H11BrF3NO3. The minimum atomic E-state index is -4.69. The van der Waals surface area contributed by atoms with Gasteiger partial charge in [-0.05, 0) is 36.4 Å². The zero-order valence-electron chi connectivity index (χ0n) is 12.1. The molecule has 24 heavy (non-hydrogen) atoms. The van der Waals surface area contributed by atoms with E-state index in [4.69, 9.17) is 0 Å². The molecule has 0 aromatic heterocycles. The van der Waals surface area contributed by atoms with Crippen molar-refractivity contribution in [1.29, 1.82) is 0 Å². The van der Waals surface area contributed by atoms with Gasteiger partial charge in [-0.2, -0.15) is 13.2 Å². The number of esters is 1. The Morgan fingerprint density at radius 3 is 2.29 bits per heavy atom. The molecule has 0 saturated carbocycles. The third-order valence-corrected chi connectivity index (χ3v) is 3.44. The van der Waals surface area contributed by atoms with Crippen LogP contribution in [0.3, 0.4) is 0 Å². The van der Waals surface area contributed by atoms with Crippen LogP contribution < -0.4 is 5.32 Å². The molecule has 8 heteroatoms. The van der Waals surface area contributed by atoms with Gasteiger partial charge < -0.3 is 10.1 Å². The average Bonchev–Trinajstić information content (AvgIpc) is 2.54. The van der Waals surface area contributed by atoms with Crippen LogP contribution in [0, 0.1) is 0 Å². The minimum absolute atomic E-state index is 0.468. The van der Waals surface area contributed by atoms with E-state index >= 15 is 0 Å². The van der Waals surface area contributed by atoms with Crippen molar-refractivity contribution in [2.45, 2.75) is 6.18 Å². The van der Waals surface area contributed by atoms with Crippen molar-refractivity contribution < 1.29 is 27.5 Å². The third-order valence-electron chi connectivity index (χ3n) is 2.91. The molecule has 2 aromatic rings. The van der Waals surface area contributed by atoms with Gasteiger partial charge in [-0.1, -0.05) is 28.1 Å².